The molecule has 1 saturated heterocycles. The van der Waals surface area contributed by atoms with Crippen molar-refractivity contribution in [2.24, 2.45) is 0 Å². The highest BCUT2D eigenvalue weighted by molar-refractivity contribution is 4.65. The lowest BCUT2D eigenvalue weighted by Gasteiger charge is -2.22. The highest BCUT2D eigenvalue weighted by Gasteiger charge is 2.10. The Balaban J connectivity index is 0.000000810. The van der Waals surface area contributed by atoms with Gasteiger partial charge in [-0.3, -0.25) is 0 Å². The van der Waals surface area contributed by atoms with Gasteiger partial charge in [-0.1, -0.05) is 13.3 Å². The van der Waals surface area contributed by atoms with Gasteiger partial charge >= 0.3 is 0 Å². The Morgan fingerprint density at radius 3 is 2.90 bits per heavy atom. The first-order chi connectivity index (χ1) is 4.43. The van der Waals surface area contributed by atoms with E-state index in [1.165, 1.54) is 12.8 Å². The zero-order valence-corrected chi connectivity index (χ0v) is 6.52. The van der Waals surface area contributed by atoms with E-state index in [9.17, 15) is 0 Å². The normalized spacial score (nSPS) is 25.5. The van der Waals surface area contributed by atoms with Gasteiger partial charge in [-0.15, -0.1) is 0 Å². The molecule has 1 rings (SSSR count). The predicted molar refractivity (Wildman–Crippen MR) is 41.1 cm³/mol. The third kappa shape index (κ3) is 3.15. The van der Waals surface area contributed by atoms with Crippen LogP contribution in [0, 0.1) is 0 Å². The summed E-state index contributed by atoms with van der Waals surface area (Å²) in [5, 5.41) is 3.29. The number of rotatable bonds is 2. The van der Waals surface area contributed by atoms with Crippen molar-refractivity contribution in [1.82, 2.24) is 5.32 Å². The minimum atomic E-state index is 0. The molecule has 0 bridgehead atoms. The lowest BCUT2D eigenvalue weighted by atomic mass is 10.2. The maximum absolute atomic E-state index is 5.46. The van der Waals surface area contributed by atoms with Gasteiger partial charge in [0.1, 0.15) is 0 Å². The Morgan fingerprint density at radius 1 is 1.60 bits per heavy atom. The number of nitrogens with one attached hydrogen (secondary N) is 1. The number of hydrogen-bond donors (Lipinski definition) is 1. The van der Waals surface area contributed by atoms with Crippen molar-refractivity contribution in [1.29, 1.82) is 0 Å². The van der Waals surface area contributed by atoms with Gasteiger partial charge < -0.3 is 15.5 Å². The minimum Gasteiger partial charge on any atom is -0.412 e. The van der Waals surface area contributed by atoms with Gasteiger partial charge in [-0.2, -0.15) is 0 Å². The smallest absolute Gasteiger partial charge is 0.0700 e. The molecule has 0 radical (unpaired) electrons. The summed E-state index contributed by atoms with van der Waals surface area (Å²) in [5.41, 5.74) is 0. The monoisotopic (exact) mass is 147 g/mol. The van der Waals surface area contributed by atoms with E-state index < -0.39 is 0 Å². The van der Waals surface area contributed by atoms with Crippen LogP contribution in [0.2, 0.25) is 0 Å². The van der Waals surface area contributed by atoms with Gasteiger partial charge in [-0.25, -0.2) is 0 Å². The van der Waals surface area contributed by atoms with Gasteiger partial charge in [0.2, 0.25) is 0 Å². The molecule has 1 atom stereocenters. The van der Waals surface area contributed by atoms with Crippen molar-refractivity contribution in [2.75, 3.05) is 19.7 Å². The predicted octanol–water partition coefficient (Wildman–Crippen LogP) is -0.0498. The number of hydrogen-bond acceptors (Lipinski definition) is 2. The van der Waals surface area contributed by atoms with E-state index in [-0.39, 0.29) is 5.48 Å². The van der Waals surface area contributed by atoms with E-state index in [2.05, 4.69) is 12.2 Å². The first-order valence-corrected chi connectivity index (χ1v) is 3.76. The van der Waals surface area contributed by atoms with E-state index in [4.69, 9.17) is 4.74 Å². The first-order valence-electron chi connectivity index (χ1n) is 3.76. The van der Waals surface area contributed by atoms with E-state index in [1.54, 1.807) is 0 Å². The van der Waals surface area contributed by atoms with Crippen LogP contribution in [0.5, 0.6) is 0 Å². The summed E-state index contributed by atoms with van der Waals surface area (Å²) >= 11 is 0. The Labute approximate surface area is 62.1 Å². The van der Waals surface area contributed by atoms with Gasteiger partial charge in [0.15, 0.2) is 0 Å². The van der Waals surface area contributed by atoms with Crippen LogP contribution in [-0.4, -0.2) is 31.3 Å². The van der Waals surface area contributed by atoms with Gasteiger partial charge in [0.05, 0.1) is 12.7 Å². The molecule has 0 aromatic heterocycles. The molecule has 0 aliphatic carbocycles. The van der Waals surface area contributed by atoms with Crippen LogP contribution in [0.4, 0.5) is 0 Å². The largest absolute Gasteiger partial charge is 0.412 e. The molecule has 1 aliphatic heterocycles. The molecule has 3 heteroatoms. The second-order valence-electron chi connectivity index (χ2n) is 2.49. The molecular formula is C7H17NO2. The fourth-order valence-electron chi connectivity index (χ4n) is 1.13. The minimum absolute atomic E-state index is 0. The molecule has 1 aliphatic rings. The summed E-state index contributed by atoms with van der Waals surface area (Å²) in [6, 6.07) is 0. The van der Waals surface area contributed by atoms with E-state index in [0.717, 1.165) is 19.7 Å². The van der Waals surface area contributed by atoms with Crippen molar-refractivity contribution in [2.45, 2.75) is 25.9 Å². The lowest BCUT2D eigenvalue weighted by Crippen LogP contribution is -2.38. The summed E-state index contributed by atoms with van der Waals surface area (Å²) in [6.45, 7) is 5.16. The topological polar surface area (TPSA) is 52.8 Å². The zero-order valence-electron chi connectivity index (χ0n) is 6.52. The quantitative estimate of drug-likeness (QED) is 0.595. The average Bonchev–Trinajstić information content (AvgIpc) is 1.91. The molecule has 0 aromatic carbocycles. The molecule has 62 valence electrons. The van der Waals surface area contributed by atoms with Crippen LogP contribution in [0.15, 0.2) is 0 Å². The molecule has 0 spiro atoms. The lowest BCUT2D eigenvalue weighted by molar-refractivity contribution is 0.0232. The van der Waals surface area contributed by atoms with E-state index in [1.807, 2.05) is 0 Å². The Hall–Kier alpha value is -0.120. The molecule has 3 N–H and O–H groups in total. The van der Waals surface area contributed by atoms with E-state index >= 15 is 0 Å². The second kappa shape index (κ2) is 5.65. The second-order valence-corrected chi connectivity index (χ2v) is 2.49. The molecule has 0 aromatic rings. The third-order valence-corrected chi connectivity index (χ3v) is 1.62. The van der Waals surface area contributed by atoms with Crippen molar-refractivity contribution in [3.05, 3.63) is 0 Å². The van der Waals surface area contributed by atoms with Crippen LogP contribution >= 0.6 is 0 Å². The number of ether oxygens (including phenoxy) is 1. The van der Waals surface area contributed by atoms with Crippen LogP contribution in [0.1, 0.15) is 19.8 Å². The summed E-state index contributed by atoms with van der Waals surface area (Å²) in [4.78, 5) is 0. The molecular weight excluding hydrogens is 130 g/mol. The standard InChI is InChI=1S/C7H15NO.H2O/c1-2-3-7-6-8-4-5-9-7;/h7-8H,2-6H2,1H3;1H2. The molecule has 1 fully saturated rings. The average molecular weight is 147 g/mol. The molecule has 0 saturated carbocycles. The Morgan fingerprint density at radius 2 is 2.40 bits per heavy atom. The molecule has 0 amide bonds. The fraction of sp³-hybridized carbons (Fsp3) is 1.00. The highest BCUT2D eigenvalue weighted by atomic mass is 16.5. The summed E-state index contributed by atoms with van der Waals surface area (Å²) in [5.74, 6) is 0. The van der Waals surface area contributed by atoms with Crippen molar-refractivity contribution >= 4 is 0 Å². The molecule has 10 heavy (non-hydrogen) atoms. The fourth-order valence-corrected chi connectivity index (χ4v) is 1.13. The van der Waals surface area contributed by atoms with Crippen LogP contribution < -0.4 is 5.32 Å². The summed E-state index contributed by atoms with van der Waals surface area (Å²) in [7, 11) is 0. The van der Waals surface area contributed by atoms with Crippen LogP contribution in [0.25, 0.3) is 0 Å². The van der Waals surface area contributed by atoms with Crippen LogP contribution in [0.3, 0.4) is 0 Å². The van der Waals surface area contributed by atoms with Gasteiger partial charge in [-0.05, 0) is 6.42 Å². The Kier molecular flexibility index (Phi) is 5.58. The Bertz CT molecular complexity index is 69.3. The first kappa shape index (κ1) is 9.88. The highest BCUT2D eigenvalue weighted by Crippen LogP contribution is 2.02. The number of morpholine rings is 1. The van der Waals surface area contributed by atoms with Crippen molar-refractivity contribution in [3.8, 4) is 0 Å². The maximum atomic E-state index is 5.46. The summed E-state index contributed by atoms with van der Waals surface area (Å²) in [6.07, 6.45) is 2.92. The third-order valence-electron chi connectivity index (χ3n) is 1.62. The SMILES string of the molecule is CCCC1CNCCO1.O. The van der Waals surface area contributed by atoms with Gasteiger partial charge in [0, 0.05) is 13.1 Å². The molecule has 3 nitrogen and oxygen atoms in total. The molecule has 1 unspecified atom stereocenters. The zero-order chi connectivity index (χ0) is 6.53. The summed E-state index contributed by atoms with van der Waals surface area (Å²) < 4.78 is 5.46. The van der Waals surface area contributed by atoms with Crippen molar-refractivity contribution < 1.29 is 10.2 Å². The van der Waals surface area contributed by atoms with Crippen molar-refractivity contribution in [3.63, 3.8) is 0 Å². The maximum Gasteiger partial charge on any atom is 0.0700 e. The van der Waals surface area contributed by atoms with Gasteiger partial charge in [0.25, 0.3) is 0 Å². The molecule has 1 heterocycles. The van der Waals surface area contributed by atoms with Crippen LogP contribution in [-0.2, 0) is 4.74 Å². The van der Waals surface area contributed by atoms with E-state index in [0.29, 0.717) is 6.10 Å².